The minimum absolute atomic E-state index is 0.113. The Morgan fingerprint density at radius 3 is 2.27 bits per heavy atom. The molecule has 4 rings (SSSR count). The van der Waals surface area contributed by atoms with Gasteiger partial charge in [-0.25, -0.2) is 8.42 Å². The van der Waals surface area contributed by atoms with E-state index in [9.17, 15) is 18.0 Å². The van der Waals surface area contributed by atoms with Crippen LogP contribution >= 0.6 is 0 Å². The molecule has 2 aliphatic rings. The standard InChI is InChI=1S/C23H27N3O6S/c1-17(27)18-3-6-20(7-4-18)33(29,30)26-11-9-25(10-12-26)16-23(28)24-19-5-8-21-22(15-19)32-14-2-13-31-21/h3-8,15H,2,9-14,16H2,1H3,(H,24,28). The Balaban J connectivity index is 1.30. The molecule has 1 fully saturated rings. The fraction of sp³-hybridized carbons (Fsp3) is 0.391. The molecule has 1 saturated heterocycles. The number of hydrogen-bond acceptors (Lipinski definition) is 7. The first-order chi connectivity index (χ1) is 15.8. The lowest BCUT2D eigenvalue weighted by Crippen LogP contribution is -2.50. The molecule has 0 spiro atoms. The number of hydrogen-bond donors (Lipinski definition) is 1. The predicted molar refractivity (Wildman–Crippen MR) is 122 cm³/mol. The van der Waals surface area contributed by atoms with E-state index < -0.39 is 10.0 Å². The van der Waals surface area contributed by atoms with Crippen molar-refractivity contribution in [3.63, 3.8) is 0 Å². The molecule has 0 bridgehead atoms. The number of carbonyl (C=O) groups excluding carboxylic acids is 2. The smallest absolute Gasteiger partial charge is 0.243 e. The number of carbonyl (C=O) groups is 2. The van der Waals surface area contributed by atoms with Crippen LogP contribution in [-0.4, -0.2) is 75.3 Å². The largest absolute Gasteiger partial charge is 0.490 e. The summed E-state index contributed by atoms with van der Waals surface area (Å²) in [5.41, 5.74) is 1.10. The maximum absolute atomic E-state index is 12.9. The molecule has 1 N–H and O–H groups in total. The van der Waals surface area contributed by atoms with Crippen LogP contribution in [0, 0.1) is 0 Å². The van der Waals surface area contributed by atoms with Crippen molar-refractivity contribution in [2.75, 3.05) is 51.3 Å². The number of benzene rings is 2. The van der Waals surface area contributed by atoms with Crippen molar-refractivity contribution >= 4 is 27.4 Å². The van der Waals surface area contributed by atoms with Crippen LogP contribution in [0.15, 0.2) is 47.4 Å². The molecule has 1 amide bonds. The summed E-state index contributed by atoms with van der Waals surface area (Å²) in [5.74, 6) is 0.984. The number of nitrogens with one attached hydrogen (secondary N) is 1. The second kappa shape index (κ2) is 9.90. The van der Waals surface area contributed by atoms with Gasteiger partial charge < -0.3 is 14.8 Å². The van der Waals surface area contributed by atoms with E-state index in [-0.39, 0.29) is 36.2 Å². The summed E-state index contributed by atoms with van der Waals surface area (Å²) in [7, 11) is -3.65. The first kappa shape index (κ1) is 23.2. The number of fused-ring (bicyclic) bond motifs is 1. The molecule has 9 nitrogen and oxygen atoms in total. The number of rotatable bonds is 6. The van der Waals surface area contributed by atoms with Gasteiger partial charge in [-0.2, -0.15) is 4.31 Å². The molecule has 2 heterocycles. The number of ether oxygens (including phenoxy) is 2. The van der Waals surface area contributed by atoms with Gasteiger partial charge in [-0.1, -0.05) is 12.1 Å². The summed E-state index contributed by atoms with van der Waals surface area (Å²) in [6.07, 6.45) is 0.807. The third-order valence-electron chi connectivity index (χ3n) is 5.63. The molecule has 0 unspecified atom stereocenters. The molecule has 33 heavy (non-hydrogen) atoms. The van der Waals surface area contributed by atoms with Crippen LogP contribution in [0.5, 0.6) is 11.5 Å². The number of anilines is 1. The van der Waals surface area contributed by atoms with Crippen LogP contribution in [0.4, 0.5) is 5.69 Å². The Morgan fingerprint density at radius 2 is 1.61 bits per heavy atom. The van der Waals surface area contributed by atoms with Gasteiger partial charge in [0.2, 0.25) is 15.9 Å². The third-order valence-corrected chi connectivity index (χ3v) is 7.54. The lowest BCUT2D eigenvalue weighted by atomic mass is 10.2. The quantitative estimate of drug-likeness (QED) is 0.640. The molecule has 0 aromatic heterocycles. The number of nitrogens with zero attached hydrogens (tertiary/aromatic N) is 2. The molecular weight excluding hydrogens is 446 g/mol. The van der Waals surface area contributed by atoms with Crippen LogP contribution in [-0.2, 0) is 14.8 Å². The Bertz CT molecular complexity index is 1130. The van der Waals surface area contributed by atoms with Crippen molar-refractivity contribution in [1.29, 1.82) is 0 Å². The Hall–Kier alpha value is -2.95. The summed E-state index contributed by atoms with van der Waals surface area (Å²) in [6.45, 7) is 4.23. The molecule has 10 heteroatoms. The summed E-state index contributed by atoms with van der Waals surface area (Å²) < 4.78 is 38.5. The van der Waals surface area contributed by atoms with E-state index in [1.54, 1.807) is 18.2 Å². The number of sulfonamides is 1. The highest BCUT2D eigenvalue weighted by Crippen LogP contribution is 2.32. The lowest BCUT2D eigenvalue weighted by Gasteiger charge is -2.33. The van der Waals surface area contributed by atoms with Crippen molar-refractivity contribution in [2.45, 2.75) is 18.2 Å². The number of ketones is 1. The molecular formula is C23H27N3O6S. The fourth-order valence-corrected chi connectivity index (χ4v) is 5.21. The van der Waals surface area contributed by atoms with Crippen molar-refractivity contribution in [2.24, 2.45) is 0 Å². The van der Waals surface area contributed by atoms with Gasteiger partial charge >= 0.3 is 0 Å². The van der Waals surface area contributed by atoms with E-state index in [0.717, 1.165) is 6.42 Å². The van der Waals surface area contributed by atoms with Crippen molar-refractivity contribution in [3.8, 4) is 11.5 Å². The van der Waals surface area contributed by atoms with E-state index in [1.165, 1.54) is 35.5 Å². The van der Waals surface area contributed by atoms with E-state index in [4.69, 9.17) is 9.47 Å². The van der Waals surface area contributed by atoms with Gasteiger partial charge in [-0.3, -0.25) is 14.5 Å². The summed E-state index contributed by atoms with van der Waals surface area (Å²) in [4.78, 5) is 26.0. The summed E-state index contributed by atoms with van der Waals surface area (Å²) in [5, 5.41) is 2.87. The number of amides is 1. The Morgan fingerprint density at radius 1 is 0.939 bits per heavy atom. The van der Waals surface area contributed by atoms with Crippen molar-refractivity contribution < 1.29 is 27.5 Å². The molecule has 0 saturated carbocycles. The maximum atomic E-state index is 12.9. The van der Waals surface area contributed by atoms with Crippen molar-refractivity contribution in [3.05, 3.63) is 48.0 Å². The molecule has 0 aliphatic carbocycles. The second-order valence-corrected chi connectivity index (χ2v) is 9.96. The summed E-state index contributed by atoms with van der Waals surface area (Å²) in [6, 6.07) is 11.3. The molecule has 0 radical (unpaired) electrons. The van der Waals surface area contributed by atoms with Crippen LogP contribution in [0.1, 0.15) is 23.7 Å². The number of piperazine rings is 1. The fourth-order valence-electron chi connectivity index (χ4n) is 3.78. The topological polar surface area (TPSA) is 105 Å². The van der Waals surface area contributed by atoms with Crippen LogP contribution in [0.25, 0.3) is 0 Å². The van der Waals surface area contributed by atoms with E-state index in [0.29, 0.717) is 49.1 Å². The normalized spacial score (nSPS) is 17.2. The van der Waals surface area contributed by atoms with Gasteiger partial charge in [-0.15, -0.1) is 0 Å². The highest BCUT2D eigenvalue weighted by molar-refractivity contribution is 7.89. The van der Waals surface area contributed by atoms with Gasteiger partial charge in [0, 0.05) is 49.9 Å². The first-order valence-electron chi connectivity index (χ1n) is 10.9. The van der Waals surface area contributed by atoms with Gasteiger partial charge in [0.15, 0.2) is 17.3 Å². The van der Waals surface area contributed by atoms with E-state index in [1.807, 2.05) is 4.90 Å². The highest BCUT2D eigenvalue weighted by atomic mass is 32.2. The molecule has 2 aromatic carbocycles. The SMILES string of the molecule is CC(=O)c1ccc(S(=O)(=O)N2CCN(CC(=O)Nc3ccc4c(c3)OCCCO4)CC2)cc1. The highest BCUT2D eigenvalue weighted by Gasteiger charge is 2.29. The predicted octanol–water partition coefficient (Wildman–Crippen LogP) is 2.00. The molecule has 2 aliphatic heterocycles. The molecule has 0 atom stereocenters. The average molecular weight is 474 g/mol. The zero-order valence-corrected chi connectivity index (χ0v) is 19.3. The second-order valence-electron chi connectivity index (χ2n) is 8.02. The summed E-state index contributed by atoms with van der Waals surface area (Å²) >= 11 is 0. The zero-order chi connectivity index (χ0) is 23.4. The molecule has 2 aromatic rings. The van der Waals surface area contributed by atoms with Crippen molar-refractivity contribution in [1.82, 2.24) is 9.21 Å². The van der Waals surface area contributed by atoms with E-state index in [2.05, 4.69) is 5.32 Å². The maximum Gasteiger partial charge on any atom is 0.243 e. The van der Waals surface area contributed by atoms with Crippen LogP contribution in [0.2, 0.25) is 0 Å². The van der Waals surface area contributed by atoms with Crippen LogP contribution in [0.3, 0.4) is 0 Å². The van der Waals surface area contributed by atoms with Crippen LogP contribution < -0.4 is 14.8 Å². The van der Waals surface area contributed by atoms with Gasteiger partial charge in [-0.05, 0) is 31.2 Å². The Kier molecular flexibility index (Phi) is 6.96. The minimum atomic E-state index is -3.65. The lowest BCUT2D eigenvalue weighted by molar-refractivity contribution is -0.117. The van der Waals surface area contributed by atoms with Gasteiger partial charge in [0.25, 0.3) is 0 Å². The average Bonchev–Trinajstić information content (AvgIpc) is 3.04. The third kappa shape index (κ3) is 5.52. The number of Topliss-reactive ketones (excluding diaryl/α,β-unsaturated/α-hetero) is 1. The zero-order valence-electron chi connectivity index (χ0n) is 18.5. The van der Waals surface area contributed by atoms with Gasteiger partial charge in [0.1, 0.15) is 0 Å². The Labute approximate surface area is 193 Å². The monoisotopic (exact) mass is 473 g/mol. The van der Waals surface area contributed by atoms with Gasteiger partial charge in [0.05, 0.1) is 24.7 Å². The van der Waals surface area contributed by atoms with E-state index >= 15 is 0 Å². The molecule has 176 valence electrons. The first-order valence-corrected chi connectivity index (χ1v) is 12.3. The minimum Gasteiger partial charge on any atom is -0.490 e.